The van der Waals surface area contributed by atoms with Crippen LogP contribution in [-0.2, 0) is 14.9 Å². The van der Waals surface area contributed by atoms with Crippen molar-refractivity contribution in [2.75, 3.05) is 33.4 Å². The van der Waals surface area contributed by atoms with Crippen molar-refractivity contribution in [3.8, 4) is 5.75 Å². The molecule has 0 aliphatic heterocycles. The van der Waals surface area contributed by atoms with Gasteiger partial charge < -0.3 is 9.47 Å². The van der Waals surface area contributed by atoms with E-state index in [0.717, 1.165) is 5.75 Å². The van der Waals surface area contributed by atoms with Crippen LogP contribution in [0, 0.1) is 0 Å². The van der Waals surface area contributed by atoms with E-state index in [1.165, 1.54) is 5.56 Å². The molecular formula is C17H27NO3. The van der Waals surface area contributed by atoms with Crippen molar-refractivity contribution in [3.05, 3.63) is 29.8 Å². The normalized spacial score (nSPS) is 11.5. The lowest BCUT2D eigenvalue weighted by molar-refractivity contribution is -0.144. The minimum atomic E-state index is -0.200. The molecule has 0 aliphatic rings. The van der Waals surface area contributed by atoms with Crippen molar-refractivity contribution >= 4 is 5.97 Å². The highest BCUT2D eigenvalue weighted by molar-refractivity contribution is 5.71. The van der Waals surface area contributed by atoms with Gasteiger partial charge in [0.15, 0.2) is 0 Å². The monoisotopic (exact) mass is 293 g/mol. The lowest BCUT2D eigenvalue weighted by Gasteiger charge is -2.19. The Balaban J connectivity index is 2.34. The summed E-state index contributed by atoms with van der Waals surface area (Å²) >= 11 is 0. The third-order valence-electron chi connectivity index (χ3n) is 3.17. The van der Waals surface area contributed by atoms with Gasteiger partial charge >= 0.3 is 5.97 Å². The van der Waals surface area contributed by atoms with Crippen LogP contribution in [-0.4, -0.2) is 44.2 Å². The van der Waals surface area contributed by atoms with Gasteiger partial charge in [0.1, 0.15) is 12.4 Å². The van der Waals surface area contributed by atoms with Gasteiger partial charge in [0.25, 0.3) is 0 Å². The molecule has 1 rings (SSSR count). The van der Waals surface area contributed by atoms with Crippen LogP contribution in [0.2, 0.25) is 0 Å². The van der Waals surface area contributed by atoms with Gasteiger partial charge in [-0.1, -0.05) is 32.9 Å². The van der Waals surface area contributed by atoms with Crippen molar-refractivity contribution in [2.45, 2.75) is 33.1 Å². The van der Waals surface area contributed by atoms with Crippen LogP contribution in [0.4, 0.5) is 0 Å². The lowest BCUT2D eigenvalue weighted by atomic mass is 9.87. The van der Waals surface area contributed by atoms with E-state index in [0.29, 0.717) is 26.3 Å². The zero-order valence-corrected chi connectivity index (χ0v) is 13.8. The van der Waals surface area contributed by atoms with Gasteiger partial charge in [-0.05, 0) is 37.1 Å². The number of carbonyl (C=O) groups is 1. The maximum atomic E-state index is 11.3. The molecule has 1 aromatic carbocycles. The lowest BCUT2D eigenvalue weighted by Crippen LogP contribution is -2.31. The smallest absolute Gasteiger partial charge is 0.320 e. The van der Waals surface area contributed by atoms with Crippen molar-refractivity contribution in [1.82, 2.24) is 4.90 Å². The first-order chi connectivity index (χ1) is 9.82. The Kier molecular flexibility index (Phi) is 6.69. The summed E-state index contributed by atoms with van der Waals surface area (Å²) in [5.41, 5.74) is 1.44. The molecule has 0 fully saturated rings. The summed E-state index contributed by atoms with van der Waals surface area (Å²) in [5.74, 6) is 0.655. The molecule has 4 nitrogen and oxygen atoms in total. The molecular weight excluding hydrogens is 266 g/mol. The maximum absolute atomic E-state index is 11.3. The fourth-order valence-electron chi connectivity index (χ4n) is 1.88. The number of ether oxygens (including phenoxy) is 2. The second-order valence-electron chi connectivity index (χ2n) is 6.17. The molecule has 0 radical (unpaired) electrons. The van der Waals surface area contributed by atoms with Crippen molar-refractivity contribution in [2.24, 2.45) is 0 Å². The Morgan fingerprint density at radius 2 is 1.81 bits per heavy atom. The maximum Gasteiger partial charge on any atom is 0.320 e. The molecule has 0 unspecified atom stereocenters. The average molecular weight is 293 g/mol. The molecule has 21 heavy (non-hydrogen) atoms. The second kappa shape index (κ2) is 8.03. The van der Waals surface area contributed by atoms with Gasteiger partial charge in [0, 0.05) is 6.54 Å². The zero-order valence-electron chi connectivity index (χ0n) is 13.8. The number of hydrogen-bond acceptors (Lipinski definition) is 4. The van der Waals surface area contributed by atoms with Gasteiger partial charge in [0.2, 0.25) is 0 Å². The van der Waals surface area contributed by atoms with Crippen LogP contribution in [0.25, 0.3) is 0 Å². The highest BCUT2D eigenvalue weighted by Gasteiger charge is 2.13. The average Bonchev–Trinajstić information content (AvgIpc) is 2.38. The SMILES string of the molecule is CCOC(=O)CN(C)CCOc1ccc(C(C)(C)C)cc1. The third kappa shape index (κ3) is 6.63. The number of likely N-dealkylation sites (N-methyl/N-ethyl adjacent to an activating group) is 1. The van der Waals surface area contributed by atoms with E-state index >= 15 is 0 Å². The van der Waals surface area contributed by atoms with Crippen molar-refractivity contribution in [3.63, 3.8) is 0 Å². The van der Waals surface area contributed by atoms with E-state index in [1.54, 1.807) is 0 Å². The van der Waals surface area contributed by atoms with Crippen LogP contribution in [0.5, 0.6) is 5.75 Å². The summed E-state index contributed by atoms with van der Waals surface area (Å²) in [4.78, 5) is 13.2. The number of esters is 1. The first-order valence-corrected chi connectivity index (χ1v) is 7.40. The summed E-state index contributed by atoms with van der Waals surface area (Å²) in [5, 5.41) is 0. The zero-order chi connectivity index (χ0) is 15.9. The number of hydrogen-bond donors (Lipinski definition) is 0. The van der Waals surface area contributed by atoms with E-state index in [4.69, 9.17) is 9.47 Å². The van der Waals surface area contributed by atoms with Crippen LogP contribution in [0.15, 0.2) is 24.3 Å². The Labute approximate surface area is 128 Å². The van der Waals surface area contributed by atoms with E-state index in [2.05, 4.69) is 32.9 Å². The Bertz CT molecular complexity index is 434. The van der Waals surface area contributed by atoms with Gasteiger partial charge in [-0.25, -0.2) is 0 Å². The summed E-state index contributed by atoms with van der Waals surface area (Å²) in [6, 6.07) is 8.17. The number of nitrogens with zero attached hydrogens (tertiary/aromatic N) is 1. The Morgan fingerprint density at radius 3 is 2.33 bits per heavy atom. The molecule has 0 saturated heterocycles. The quantitative estimate of drug-likeness (QED) is 0.725. The van der Waals surface area contributed by atoms with E-state index < -0.39 is 0 Å². The van der Waals surface area contributed by atoms with Crippen LogP contribution in [0.3, 0.4) is 0 Å². The summed E-state index contributed by atoms with van der Waals surface area (Å²) in [6.07, 6.45) is 0. The first kappa shape index (κ1) is 17.5. The van der Waals surface area contributed by atoms with Crippen molar-refractivity contribution < 1.29 is 14.3 Å². The molecule has 4 heteroatoms. The number of rotatable bonds is 7. The molecule has 0 aromatic heterocycles. The molecule has 1 aromatic rings. The van der Waals surface area contributed by atoms with Crippen LogP contribution < -0.4 is 4.74 Å². The van der Waals surface area contributed by atoms with Gasteiger partial charge in [-0.3, -0.25) is 9.69 Å². The third-order valence-corrected chi connectivity index (χ3v) is 3.17. The summed E-state index contributed by atoms with van der Waals surface area (Å²) in [7, 11) is 1.88. The van der Waals surface area contributed by atoms with E-state index in [-0.39, 0.29) is 11.4 Å². The summed E-state index contributed by atoms with van der Waals surface area (Å²) < 4.78 is 10.6. The number of benzene rings is 1. The highest BCUT2D eigenvalue weighted by atomic mass is 16.5. The van der Waals surface area contributed by atoms with Crippen molar-refractivity contribution in [1.29, 1.82) is 0 Å². The molecule has 0 atom stereocenters. The highest BCUT2D eigenvalue weighted by Crippen LogP contribution is 2.24. The minimum Gasteiger partial charge on any atom is -0.492 e. The molecule has 0 bridgehead atoms. The largest absolute Gasteiger partial charge is 0.492 e. The van der Waals surface area contributed by atoms with Crippen LogP contribution >= 0.6 is 0 Å². The van der Waals surface area contributed by atoms with Gasteiger partial charge in [-0.15, -0.1) is 0 Å². The van der Waals surface area contributed by atoms with Crippen LogP contribution in [0.1, 0.15) is 33.3 Å². The van der Waals surface area contributed by atoms with Gasteiger partial charge in [-0.2, -0.15) is 0 Å². The second-order valence-corrected chi connectivity index (χ2v) is 6.17. The topological polar surface area (TPSA) is 38.8 Å². The van der Waals surface area contributed by atoms with E-state index in [1.807, 2.05) is 31.0 Å². The number of carbonyl (C=O) groups excluding carboxylic acids is 1. The first-order valence-electron chi connectivity index (χ1n) is 7.40. The molecule has 118 valence electrons. The predicted octanol–water partition coefficient (Wildman–Crippen LogP) is 2.86. The summed E-state index contributed by atoms with van der Waals surface area (Å²) in [6.45, 7) is 10.3. The minimum absolute atomic E-state index is 0.151. The Morgan fingerprint density at radius 1 is 1.19 bits per heavy atom. The molecule has 0 N–H and O–H groups in total. The van der Waals surface area contributed by atoms with Gasteiger partial charge in [0.05, 0.1) is 13.2 Å². The fourth-order valence-corrected chi connectivity index (χ4v) is 1.88. The molecule has 0 aliphatic carbocycles. The molecule has 0 saturated carbocycles. The molecule has 0 spiro atoms. The van der Waals surface area contributed by atoms with E-state index in [9.17, 15) is 4.79 Å². The molecule has 0 amide bonds. The standard InChI is InChI=1S/C17H27NO3/c1-6-20-16(19)13-18(5)11-12-21-15-9-7-14(8-10-15)17(2,3)4/h7-10H,6,11-13H2,1-5H3. The Hall–Kier alpha value is -1.55. The molecule has 0 heterocycles. The fraction of sp³-hybridized carbons (Fsp3) is 0.588. The predicted molar refractivity (Wildman–Crippen MR) is 84.8 cm³/mol.